The summed E-state index contributed by atoms with van der Waals surface area (Å²) in [6.07, 6.45) is 0. The van der Waals surface area contributed by atoms with Gasteiger partial charge in [-0.2, -0.15) is 0 Å². The number of carbonyl (C=O) groups excluding carboxylic acids is 1. The highest BCUT2D eigenvalue weighted by molar-refractivity contribution is 5.77. The monoisotopic (exact) mass is 421 g/mol. The maximum Gasteiger partial charge on any atom is 0.245 e. The number of fused-ring (bicyclic) bond motifs is 1. The molecule has 4 aromatic rings. The number of nitrogens with zero attached hydrogens (tertiary/aromatic N) is 5. The third kappa shape index (κ3) is 3.70. The number of aromatic nitrogens is 4. The Hall–Kier alpha value is -3.88. The minimum atomic E-state index is -0.377. The maximum absolute atomic E-state index is 13.4. The predicted octanol–water partition coefficient (Wildman–Crippen LogP) is 3.73. The molecule has 31 heavy (non-hydrogen) atoms. The summed E-state index contributed by atoms with van der Waals surface area (Å²) in [6.45, 7) is 2.42. The van der Waals surface area contributed by atoms with Crippen molar-refractivity contribution in [1.29, 1.82) is 0 Å². The number of oxazole rings is 1. The van der Waals surface area contributed by atoms with Crippen molar-refractivity contribution in [3.63, 3.8) is 0 Å². The first-order valence-electron chi connectivity index (χ1n) is 9.66. The van der Waals surface area contributed by atoms with Crippen LogP contribution in [-0.2, 0) is 24.4 Å². The lowest BCUT2D eigenvalue weighted by molar-refractivity contribution is -0.132. The lowest BCUT2D eigenvalue weighted by Gasteiger charge is -2.15. The Morgan fingerprint density at radius 1 is 0.968 bits per heavy atom. The highest BCUT2D eigenvalue weighted by Gasteiger charge is 2.29. The van der Waals surface area contributed by atoms with Gasteiger partial charge in [0.25, 0.3) is 0 Å². The summed E-state index contributed by atoms with van der Waals surface area (Å²) in [5.41, 5.74) is 1.98. The summed E-state index contributed by atoms with van der Waals surface area (Å²) in [6, 6.07) is 11.6. The molecule has 3 heterocycles. The quantitative estimate of drug-likeness (QED) is 0.502. The number of benzene rings is 2. The van der Waals surface area contributed by atoms with Crippen molar-refractivity contribution >= 4 is 5.91 Å². The van der Waals surface area contributed by atoms with Gasteiger partial charge in [0, 0.05) is 18.1 Å². The zero-order valence-electron chi connectivity index (χ0n) is 16.5. The maximum atomic E-state index is 13.4. The minimum absolute atomic E-state index is 0.0653. The molecule has 0 spiro atoms. The van der Waals surface area contributed by atoms with Crippen molar-refractivity contribution in [2.45, 2.75) is 26.6 Å². The van der Waals surface area contributed by atoms with Gasteiger partial charge in [0.2, 0.25) is 5.91 Å². The van der Waals surface area contributed by atoms with Crippen LogP contribution in [0.15, 0.2) is 52.9 Å². The van der Waals surface area contributed by atoms with Crippen LogP contribution >= 0.6 is 0 Å². The van der Waals surface area contributed by atoms with E-state index in [2.05, 4.69) is 15.1 Å². The number of halogens is 2. The van der Waals surface area contributed by atoms with Gasteiger partial charge >= 0.3 is 0 Å². The SMILES string of the molecule is Cc1nc2c(o1)CN(C(=O)Cn1nc(-c3ccc(F)cc3)nc1-c1ccc(F)cc1)C2. The van der Waals surface area contributed by atoms with Crippen molar-refractivity contribution in [2.75, 3.05) is 0 Å². The van der Waals surface area contributed by atoms with Crippen molar-refractivity contribution in [3.05, 3.63) is 77.5 Å². The number of aryl methyl sites for hydroxylation is 1. The van der Waals surface area contributed by atoms with Crippen molar-refractivity contribution in [1.82, 2.24) is 24.6 Å². The first kappa shape index (κ1) is 19.1. The number of amides is 1. The van der Waals surface area contributed by atoms with E-state index in [9.17, 15) is 13.6 Å². The van der Waals surface area contributed by atoms with E-state index < -0.39 is 0 Å². The summed E-state index contributed by atoms with van der Waals surface area (Å²) in [7, 11) is 0. The lowest BCUT2D eigenvalue weighted by Crippen LogP contribution is -2.30. The predicted molar refractivity (Wildman–Crippen MR) is 106 cm³/mol. The van der Waals surface area contributed by atoms with Crippen molar-refractivity contribution in [3.8, 4) is 22.8 Å². The van der Waals surface area contributed by atoms with Crippen LogP contribution in [0.4, 0.5) is 8.78 Å². The van der Waals surface area contributed by atoms with Crippen LogP contribution in [0.1, 0.15) is 17.3 Å². The van der Waals surface area contributed by atoms with E-state index in [1.807, 2.05) is 0 Å². The van der Waals surface area contributed by atoms with Crippen molar-refractivity contribution < 1.29 is 18.0 Å². The molecule has 5 rings (SSSR count). The number of hydrogen-bond donors (Lipinski definition) is 0. The first-order chi connectivity index (χ1) is 15.0. The number of rotatable bonds is 4. The third-order valence-electron chi connectivity index (χ3n) is 5.07. The molecular weight excluding hydrogens is 404 g/mol. The molecule has 2 aromatic heterocycles. The Labute approximate surface area is 176 Å². The van der Waals surface area contributed by atoms with Crippen LogP contribution in [0.5, 0.6) is 0 Å². The van der Waals surface area contributed by atoms with Gasteiger partial charge in [0.15, 0.2) is 17.5 Å². The van der Waals surface area contributed by atoms with E-state index in [-0.39, 0.29) is 24.1 Å². The summed E-state index contributed by atoms with van der Waals surface area (Å²) in [5, 5.41) is 4.47. The van der Waals surface area contributed by atoms with Crippen molar-refractivity contribution in [2.24, 2.45) is 0 Å². The van der Waals surface area contributed by atoms with Crippen LogP contribution in [0.2, 0.25) is 0 Å². The highest BCUT2D eigenvalue weighted by Crippen LogP contribution is 2.26. The van der Waals surface area contributed by atoms with E-state index in [0.717, 1.165) is 5.69 Å². The second-order valence-electron chi connectivity index (χ2n) is 7.28. The van der Waals surface area contributed by atoms with Gasteiger partial charge < -0.3 is 9.32 Å². The summed E-state index contributed by atoms with van der Waals surface area (Å²) in [4.78, 5) is 23.4. The third-order valence-corrected chi connectivity index (χ3v) is 5.07. The molecule has 0 aliphatic carbocycles. The molecule has 2 aromatic carbocycles. The lowest BCUT2D eigenvalue weighted by atomic mass is 10.2. The van der Waals surface area contributed by atoms with Crippen LogP contribution in [0.3, 0.4) is 0 Å². The second-order valence-corrected chi connectivity index (χ2v) is 7.28. The van der Waals surface area contributed by atoms with Gasteiger partial charge in [-0.05, 0) is 48.5 Å². The standard InChI is InChI=1S/C22H17F2N5O2/c1-13-25-18-10-28(11-19(18)31-13)20(30)12-29-22(15-4-8-17(24)9-5-15)26-21(27-29)14-2-6-16(23)7-3-14/h2-9H,10-12H2,1H3. The number of carbonyl (C=O) groups is 1. The zero-order chi connectivity index (χ0) is 21.5. The van der Waals surface area contributed by atoms with E-state index in [1.54, 1.807) is 36.1 Å². The largest absolute Gasteiger partial charge is 0.444 e. The van der Waals surface area contributed by atoms with Crippen LogP contribution in [0.25, 0.3) is 22.8 Å². The van der Waals surface area contributed by atoms with Gasteiger partial charge in [-0.1, -0.05) is 0 Å². The van der Waals surface area contributed by atoms with E-state index in [1.165, 1.54) is 28.9 Å². The molecular formula is C22H17F2N5O2. The molecule has 0 N–H and O–H groups in total. The van der Waals surface area contributed by atoms with Crippen LogP contribution < -0.4 is 0 Å². The van der Waals surface area contributed by atoms with Crippen LogP contribution in [-0.4, -0.2) is 30.6 Å². The summed E-state index contributed by atoms with van der Waals surface area (Å²) >= 11 is 0. The fourth-order valence-corrected chi connectivity index (χ4v) is 3.56. The molecule has 9 heteroatoms. The molecule has 7 nitrogen and oxygen atoms in total. The fourth-order valence-electron chi connectivity index (χ4n) is 3.56. The molecule has 1 aliphatic rings. The Bertz CT molecular complexity index is 1240. The van der Waals surface area contributed by atoms with Gasteiger partial charge in [-0.15, -0.1) is 5.10 Å². The Balaban J connectivity index is 1.46. The topological polar surface area (TPSA) is 77.0 Å². The molecule has 0 fully saturated rings. The Morgan fingerprint density at radius 3 is 2.26 bits per heavy atom. The highest BCUT2D eigenvalue weighted by atomic mass is 19.1. The molecule has 0 saturated heterocycles. The molecule has 0 saturated carbocycles. The molecule has 1 amide bonds. The van der Waals surface area contributed by atoms with Crippen LogP contribution in [0, 0.1) is 18.6 Å². The van der Waals surface area contributed by atoms with Gasteiger partial charge in [0.05, 0.1) is 13.1 Å². The first-order valence-corrected chi connectivity index (χ1v) is 9.66. The van der Waals surface area contributed by atoms with E-state index >= 15 is 0 Å². The molecule has 0 unspecified atom stereocenters. The van der Waals surface area contributed by atoms with E-state index in [0.29, 0.717) is 47.5 Å². The smallest absolute Gasteiger partial charge is 0.245 e. The average molecular weight is 421 g/mol. The average Bonchev–Trinajstić information content (AvgIpc) is 3.42. The summed E-state index contributed by atoms with van der Waals surface area (Å²) in [5.74, 6) is 1.11. The molecule has 156 valence electrons. The molecule has 0 bridgehead atoms. The second kappa shape index (κ2) is 7.42. The molecule has 0 atom stereocenters. The fraction of sp³-hybridized carbons (Fsp3) is 0.182. The molecule has 1 aliphatic heterocycles. The summed E-state index contributed by atoms with van der Waals surface area (Å²) < 4.78 is 33.7. The molecule has 0 radical (unpaired) electrons. The zero-order valence-corrected chi connectivity index (χ0v) is 16.5. The Kier molecular flexibility index (Phi) is 4.58. The normalized spacial score (nSPS) is 12.9. The van der Waals surface area contributed by atoms with Gasteiger partial charge in [-0.3, -0.25) is 4.79 Å². The van der Waals surface area contributed by atoms with Gasteiger partial charge in [0.1, 0.15) is 29.6 Å². The van der Waals surface area contributed by atoms with Gasteiger partial charge in [-0.25, -0.2) is 23.4 Å². The van der Waals surface area contributed by atoms with E-state index in [4.69, 9.17) is 4.42 Å². The minimum Gasteiger partial charge on any atom is -0.444 e. The number of hydrogen-bond acceptors (Lipinski definition) is 5. The Morgan fingerprint density at radius 2 is 1.61 bits per heavy atom.